The van der Waals surface area contributed by atoms with Gasteiger partial charge < -0.3 is 19.5 Å². The third kappa shape index (κ3) is 5.00. The van der Waals surface area contributed by atoms with Crippen LogP contribution in [0.15, 0.2) is 41.3 Å². The Hall–Kier alpha value is -2.55. The zero-order valence-corrected chi connectivity index (χ0v) is 16.0. The summed E-state index contributed by atoms with van der Waals surface area (Å²) in [5.74, 6) is 1.25. The number of carbonyl (C=O) groups is 2. The summed E-state index contributed by atoms with van der Waals surface area (Å²) in [5, 5.41) is 2.82. The number of anilines is 1. The van der Waals surface area contributed by atoms with Gasteiger partial charge in [0.1, 0.15) is 6.04 Å². The van der Waals surface area contributed by atoms with Gasteiger partial charge in [0.15, 0.2) is 5.76 Å². The second-order valence-electron chi connectivity index (χ2n) is 6.15. The molecule has 0 unspecified atom stereocenters. The Labute approximate surface area is 162 Å². The number of carbonyl (C=O) groups excluding carboxylic acids is 2. The zero-order valence-electron chi connectivity index (χ0n) is 15.2. The highest BCUT2D eigenvalue weighted by Crippen LogP contribution is 2.13. The van der Waals surface area contributed by atoms with Gasteiger partial charge in [-0.3, -0.25) is 9.59 Å². The predicted octanol–water partition coefficient (Wildman–Crippen LogP) is 1.27. The first-order chi connectivity index (χ1) is 13.2. The lowest BCUT2D eigenvalue weighted by Gasteiger charge is -2.36. The van der Waals surface area contributed by atoms with Crippen molar-refractivity contribution in [2.24, 2.45) is 0 Å². The van der Waals surface area contributed by atoms with Crippen LogP contribution < -0.4 is 10.2 Å². The van der Waals surface area contributed by atoms with Crippen LogP contribution in [0.5, 0.6) is 0 Å². The second kappa shape index (κ2) is 9.40. The fraction of sp³-hybridized carbons (Fsp3) is 0.444. The normalized spacial score (nSPS) is 15.4. The molecule has 0 aliphatic carbocycles. The minimum Gasteiger partial charge on any atom is -0.459 e. The fourth-order valence-corrected chi connectivity index (χ4v) is 3.40. The first kappa shape index (κ1) is 19.2. The molecular weight excluding hydrogens is 366 g/mol. The van der Waals surface area contributed by atoms with E-state index < -0.39 is 6.04 Å². The molecule has 8 nitrogen and oxygen atoms in total. The highest BCUT2D eigenvalue weighted by Gasteiger charge is 2.29. The molecule has 27 heavy (non-hydrogen) atoms. The summed E-state index contributed by atoms with van der Waals surface area (Å²) in [6.07, 6.45) is 7.42. The lowest BCUT2D eigenvalue weighted by atomic mass is 10.1. The van der Waals surface area contributed by atoms with Crippen molar-refractivity contribution in [3.05, 3.63) is 42.6 Å². The molecule has 1 fully saturated rings. The molecule has 144 valence electrons. The molecule has 3 rings (SSSR count). The molecule has 2 aromatic rings. The Morgan fingerprint density at radius 1 is 1.22 bits per heavy atom. The van der Waals surface area contributed by atoms with Crippen molar-refractivity contribution < 1.29 is 14.0 Å². The zero-order chi connectivity index (χ0) is 19.1. The standard InChI is InChI=1S/C18H23N5O3S/c1-27-13-5-14(21-16(24)15-4-2-12-26-15)17(25)22-8-10-23(11-9-22)18-19-6-3-7-20-18/h2-4,6-7,12,14H,5,8-11,13H2,1H3,(H,21,24)/t14-/m0/s1. The van der Waals surface area contributed by atoms with Gasteiger partial charge in [0.2, 0.25) is 11.9 Å². The van der Waals surface area contributed by atoms with Crippen LogP contribution in [0.3, 0.4) is 0 Å². The highest BCUT2D eigenvalue weighted by atomic mass is 32.2. The molecule has 9 heteroatoms. The van der Waals surface area contributed by atoms with E-state index in [1.165, 1.54) is 6.26 Å². The molecule has 0 saturated carbocycles. The van der Waals surface area contributed by atoms with Gasteiger partial charge in [-0.15, -0.1) is 0 Å². The predicted molar refractivity (Wildman–Crippen MR) is 104 cm³/mol. The van der Waals surface area contributed by atoms with Crippen LogP contribution in [-0.2, 0) is 4.79 Å². The van der Waals surface area contributed by atoms with Gasteiger partial charge in [0, 0.05) is 38.6 Å². The van der Waals surface area contributed by atoms with Crippen molar-refractivity contribution in [3.63, 3.8) is 0 Å². The van der Waals surface area contributed by atoms with Crippen LogP contribution in [0.4, 0.5) is 5.95 Å². The lowest BCUT2D eigenvalue weighted by molar-refractivity contribution is -0.133. The molecule has 1 saturated heterocycles. The number of hydrogen-bond donors (Lipinski definition) is 1. The number of amides is 2. The molecule has 1 atom stereocenters. The number of hydrogen-bond acceptors (Lipinski definition) is 7. The van der Waals surface area contributed by atoms with Crippen LogP contribution in [0.1, 0.15) is 17.0 Å². The van der Waals surface area contributed by atoms with Gasteiger partial charge >= 0.3 is 0 Å². The van der Waals surface area contributed by atoms with E-state index in [1.807, 2.05) is 6.26 Å². The van der Waals surface area contributed by atoms with E-state index in [-0.39, 0.29) is 17.6 Å². The summed E-state index contributed by atoms with van der Waals surface area (Å²) in [7, 11) is 0. The van der Waals surface area contributed by atoms with Gasteiger partial charge in [-0.25, -0.2) is 9.97 Å². The average molecular weight is 389 g/mol. The molecule has 2 aromatic heterocycles. The fourth-order valence-electron chi connectivity index (χ4n) is 2.93. The number of thioether (sulfide) groups is 1. The second-order valence-corrected chi connectivity index (χ2v) is 7.13. The average Bonchev–Trinajstić information content (AvgIpc) is 3.26. The van der Waals surface area contributed by atoms with Gasteiger partial charge in [0.05, 0.1) is 6.26 Å². The summed E-state index contributed by atoms with van der Waals surface area (Å²) in [6.45, 7) is 2.47. The Morgan fingerprint density at radius 2 is 1.96 bits per heavy atom. The molecular formula is C18H23N5O3S. The van der Waals surface area contributed by atoms with E-state index in [2.05, 4.69) is 20.2 Å². The number of piperazine rings is 1. The molecule has 0 spiro atoms. The van der Waals surface area contributed by atoms with Crippen LogP contribution >= 0.6 is 11.8 Å². The van der Waals surface area contributed by atoms with Crippen LogP contribution in [0.25, 0.3) is 0 Å². The van der Waals surface area contributed by atoms with Gasteiger partial charge in [0.25, 0.3) is 5.91 Å². The van der Waals surface area contributed by atoms with Crippen molar-refractivity contribution in [3.8, 4) is 0 Å². The molecule has 3 heterocycles. The monoisotopic (exact) mass is 389 g/mol. The van der Waals surface area contributed by atoms with Gasteiger partial charge in [-0.1, -0.05) is 0 Å². The minimum absolute atomic E-state index is 0.0578. The molecule has 0 aromatic carbocycles. The Balaban J connectivity index is 1.59. The number of aromatic nitrogens is 2. The molecule has 1 aliphatic rings. The molecule has 1 N–H and O–H groups in total. The van der Waals surface area contributed by atoms with Crippen molar-refractivity contribution in [2.75, 3.05) is 43.1 Å². The molecule has 0 bridgehead atoms. The lowest BCUT2D eigenvalue weighted by Crippen LogP contribution is -2.55. The number of furan rings is 1. The van der Waals surface area contributed by atoms with Gasteiger partial charge in [-0.2, -0.15) is 11.8 Å². The van der Waals surface area contributed by atoms with Crippen LogP contribution in [0.2, 0.25) is 0 Å². The summed E-state index contributed by atoms with van der Waals surface area (Å²) >= 11 is 1.65. The van der Waals surface area contributed by atoms with Crippen molar-refractivity contribution >= 4 is 29.5 Å². The SMILES string of the molecule is CSCC[C@H](NC(=O)c1ccco1)C(=O)N1CCN(c2ncccn2)CC1. The maximum atomic E-state index is 13.0. The number of nitrogens with one attached hydrogen (secondary N) is 1. The first-order valence-corrected chi connectivity index (χ1v) is 10.2. The Bertz CT molecular complexity index is 733. The quantitative estimate of drug-likeness (QED) is 0.762. The van der Waals surface area contributed by atoms with E-state index in [0.29, 0.717) is 38.5 Å². The van der Waals surface area contributed by atoms with Crippen molar-refractivity contribution in [2.45, 2.75) is 12.5 Å². The van der Waals surface area contributed by atoms with E-state index in [9.17, 15) is 9.59 Å². The maximum Gasteiger partial charge on any atom is 0.287 e. The summed E-state index contributed by atoms with van der Waals surface area (Å²) < 4.78 is 5.13. The summed E-state index contributed by atoms with van der Waals surface area (Å²) in [4.78, 5) is 37.6. The van der Waals surface area contributed by atoms with Gasteiger partial charge in [-0.05, 0) is 36.6 Å². The highest BCUT2D eigenvalue weighted by molar-refractivity contribution is 7.98. The molecule has 0 radical (unpaired) electrons. The molecule has 2 amide bonds. The summed E-state index contributed by atoms with van der Waals surface area (Å²) in [6, 6.07) is 4.46. The minimum atomic E-state index is -0.561. The summed E-state index contributed by atoms with van der Waals surface area (Å²) in [5.41, 5.74) is 0. The van der Waals surface area contributed by atoms with E-state index in [4.69, 9.17) is 4.42 Å². The van der Waals surface area contributed by atoms with E-state index in [0.717, 1.165) is 5.75 Å². The van der Waals surface area contributed by atoms with E-state index in [1.54, 1.807) is 47.3 Å². The van der Waals surface area contributed by atoms with Crippen molar-refractivity contribution in [1.82, 2.24) is 20.2 Å². The maximum absolute atomic E-state index is 13.0. The number of rotatable bonds is 7. The molecule has 1 aliphatic heterocycles. The van der Waals surface area contributed by atoms with Crippen LogP contribution in [0, 0.1) is 0 Å². The first-order valence-electron chi connectivity index (χ1n) is 8.83. The van der Waals surface area contributed by atoms with Crippen molar-refractivity contribution in [1.29, 1.82) is 0 Å². The third-order valence-corrected chi connectivity index (χ3v) is 5.03. The Kier molecular flexibility index (Phi) is 6.69. The third-order valence-electron chi connectivity index (χ3n) is 4.39. The Morgan fingerprint density at radius 3 is 2.59 bits per heavy atom. The smallest absolute Gasteiger partial charge is 0.287 e. The topological polar surface area (TPSA) is 91.6 Å². The van der Waals surface area contributed by atoms with Crippen LogP contribution in [-0.4, -0.2) is 70.9 Å². The largest absolute Gasteiger partial charge is 0.459 e. The van der Waals surface area contributed by atoms with E-state index >= 15 is 0 Å². The number of nitrogens with zero attached hydrogens (tertiary/aromatic N) is 4.